The van der Waals surface area contributed by atoms with E-state index in [1.807, 2.05) is 18.2 Å². The van der Waals surface area contributed by atoms with E-state index in [1.165, 1.54) is 0 Å². The number of aromatic nitrogens is 2. The van der Waals surface area contributed by atoms with Crippen LogP contribution in [-0.2, 0) is 0 Å². The standard InChI is InChI=1S/C10H5BrClN3O/c11-4-1-2-6-5(3-4)7-8(13)14-10(12)15-9(7)16-6/h1-3H,(H2,13,14,15). The van der Waals surface area contributed by atoms with Crippen LogP contribution in [0.5, 0.6) is 0 Å². The molecule has 2 heterocycles. The fraction of sp³-hybridized carbons (Fsp3) is 0. The first-order chi connectivity index (χ1) is 7.65. The van der Waals surface area contributed by atoms with E-state index in [2.05, 4.69) is 25.9 Å². The van der Waals surface area contributed by atoms with Crippen LogP contribution < -0.4 is 5.73 Å². The van der Waals surface area contributed by atoms with Gasteiger partial charge in [0.2, 0.25) is 11.0 Å². The van der Waals surface area contributed by atoms with Gasteiger partial charge in [-0.2, -0.15) is 4.98 Å². The molecule has 0 saturated heterocycles. The number of nitrogen functional groups attached to an aromatic ring is 1. The number of rotatable bonds is 0. The molecule has 0 spiro atoms. The highest BCUT2D eigenvalue weighted by Gasteiger charge is 2.13. The molecule has 0 radical (unpaired) electrons. The summed E-state index contributed by atoms with van der Waals surface area (Å²) >= 11 is 9.10. The number of nitrogens with zero attached hydrogens (tertiary/aromatic N) is 2. The maximum atomic E-state index is 5.81. The molecule has 80 valence electrons. The summed E-state index contributed by atoms with van der Waals surface area (Å²) in [7, 11) is 0. The number of halogens is 2. The van der Waals surface area contributed by atoms with E-state index in [9.17, 15) is 0 Å². The monoisotopic (exact) mass is 297 g/mol. The molecule has 0 aliphatic rings. The molecule has 3 aromatic rings. The molecule has 2 N–H and O–H groups in total. The lowest BCUT2D eigenvalue weighted by atomic mass is 10.2. The van der Waals surface area contributed by atoms with Crippen molar-refractivity contribution in [3.8, 4) is 0 Å². The van der Waals surface area contributed by atoms with E-state index in [1.54, 1.807) is 0 Å². The molecule has 2 aromatic heterocycles. The normalized spacial score (nSPS) is 11.4. The predicted octanol–water partition coefficient (Wildman–Crippen LogP) is 3.37. The zero-order chi connectivity index (χ0) is 11.3. The highest BCUT2D eigenvalue weighted by atomic mass is 79.9. The van der Waals surface area contributed by atoms with Crippen LogP contribution in [0.25, 0.3) is 22.1 Å². The number of benzene rings is 1. The van der Waals surface area contributed by atoms with E-state index in [0.29, 0.717) is 22.5 Å². The smallest absolute Gasteiger partial charge is 0.233 e. The molecule has 0 amide bonds. The Kier molecular flexibility index (Phi) is 2.05. The average molecular weight is 299 g/mol. The van der Waals surface area contributed by atoms with Crippen molar-refractivity contribution in [2.45, 2.75) is 0 Å². The Bertz CT molecular complexity index is 710. The van der Waals surface area contributed by atoms with Gasteiger partial charge in [-0.3, -0.25) is 0 Å². The van der Waals surface area contributed by atoms with Crippen molar-refractivity contribution in [1.82, 2.24) is 9.97 Å². The van der Waals surface area contributed by atoms with Crippen molar-refractivity contribution >= 4 is 55.4 Å². The van der Waals surface area contributed by atoms with Gasteiger partial charge in [0.1, 0.15) is 11.4 Å². The lowest BCUT2D eigenvalue weighted by Gasteiger charge is -1.95. The number of nitrogens with two attached hydrogens (primary N) is 1. The predicted molar refractivity (Wildman–Crippen MR) is 66.4 cm³/mol. The second-order valence-electron chi connectivity index (χ2n) is 3.30. The summed E-state index contributed by atoms with van der Waals surface area (Å²) in [6.07, 6.45) is 0. The molecular formula is C10H5BrClN3O. The van der Waals surface area contributed by atoms with Gasteiger partial charge >= 0.3 is 0 Å². The first-order valence-electron chi connectivity index (χ1n) is 4.46. The summed E-state index contributed by atoms with van der Waals surface area (Å²) in [5.74, 6) is 0.326. The Hall–Kier alpha value is -1.33. The largest absolute Gasteiger partial charge is 0.437 e. The van der Waals surface area contributed by atoms with Crippen LogP contribution in [0.1, 0.15) is 0 Å². The van der Waals surface area contributed by atoms with Gasteiger partial charge in [-0.05, 0) is 29.8 Å². The third-order valence-corrected chi connectivity index (χ3v) is 2.96. The lowest BCUT2D eigenvalue weighted by Crippen LogP contribution is -1.92. The minimum Gasteiger partial charge on any atom is -0.437 e. The Balaban J connectivity index is 2.57. The molecule has 6 heteroatoms. The van der Waals surface area contributed by atoms with Crippen molar-refractivity contribution in [1.29, 1.82) is 0 Å². The third kappa shape index (κ3) is 1.36. The van der Waals surface area contributed by atoms with E-state index >= 15 is 0 Å². The van der Waals surface area contributed by atoms with Gasteiger partial charge in [-0.1, -0.05) is 15.9 Å². The fourth-order valence-corrected chi connectivity index (χ4v) is 2.18. The summed E-state index contributed by atoms with van der Waals surface area (Å²) in [5.41, 5.74) is 6.92. The number of fused-ring (bicyclic) bond motifs is 3. The number of anilines is 1. The maximum absolute atomic E-state index is 5.81. The second-order valence-corrected chi connectivity index (χ2v) is 4.55. The highest BCUT2D eigenvalue weighted by molar-refractivity contribution is 9.10. The molecule has 0 aliphatic heterocycles. The van der Waals surface area contributed by atoms with Crippen LogP contribution in [0.3, 0.4) is 0 Å². The molecule has 4 nitrogen and oxygen atoms in total. The fourth-order valence-electron chi connectivity index (χ4n) is 1.65. The summed E-state index contributed by atoms with van der Waals surface area (Å²) in [4.78, 5) is 7.91. The number of hydrogen-bond donors (Lipinski definition) is 1. The summed E-state index contributed by atoms with van der Waals surface area (Å²) in [6, 6.07) is 5.64. The van der Waals surface area contributed by atoms with Gasteiger partial charge < -0.3 is 10.2 Å². The van der Waals surface area contributed by atoms with E-state index in [0.717, 1.165) is 9.86 Å². The van der Waals surface area contributed by atoms with E-state index in [4.69, 9.17) is 21.8 Å². The molecule has 0 fully saturated rings. The SMILES string of the molecule is Nc1nc(Cl)nc2oc3ccc(Br)cc3c12. The summed E-state index contributed by atoms with van der Waals surface area (Å²) in [6.45, 7) is 0. The zero-order valence-electron chi connectivity index (χ0n) is 7.87. The second kappa shape index (κ2) is 3.33. The Morgan fingerprint density at radius 1 is 1.31 bits per heavy atom. The Morgan fingerprint density at radius 3 is 2.94 bits per heavy atom. The van der Waals surface area contributed by atoms with Crippen LogP contribution in [0.2, 0.25) is 5.28 Å². The first-order valence-corrected chi connectivity index (χ1v) is 5.63. The van der Waals surface area contributed by atoms with Crippen LogP contribution >= 0.6 is 27.5 Å². The van der Waals surface area contributed by atoms with Crippen molar-refractivity contribution in [3.05, 3.63) is 28.0 Å². The molecular weight excluding hydrogens is 293 g/mol. The first kappa shape index (κ1) is 9.86. The maximum Gasteiger partial charge on any atom is 0.233 e. The van der Waals surface area contributed by atoms with Gasteiger partial charge in [-0.25, -0.2) is 4.98 Å². The van der Waals surface area contributed by atoms with Gasteiger partial charge in [0.15, 0.2) is 0 Å². The number of furan rings is 1. The van der Waals surface area contributed by atoms with E-state index in [-0.39, 0.29) is 5.28 Å². The van der Waals surface area contributed by atoms with Crippen molar-refractivity contribution in [2.75, 3.05) is 5.73 Å². The van der Waals surface area contributed by atoms with Gasteiger partial charge in [-0.15, -0.1) is 0 Å². The van der Waals surface area contributed by atoms with Crippen LogP contribution in [0.15, 0.2) is 27.1 Å². The molecule has 1 aromatic carbocycles. The summed E-state index contributed by atoms with van der Waals surface area (Å²) in [5, 5.41) is 1.65. The lowest BCUT2D eigenvalue weighted by molar-refractivity contribution is 0.653. The van der Waals surface area contributed by atoms with Gasteiger partial charge in [0.05, 0.1) is 5.39 Å². The van der Waals surface area contributed by atoms with Gasteiger partial charge in [0.25, 0.3) is 0 Å². The molecule has 0 aliphatic carbocycles. The summed E-state index contributed by atoms with van der Waals surface area (Å²) < 4.78 is 6.47. The average Bonchev–Trinajstić information content (AvgIpc) is 2.54. The Morgan fingerprint density at radius 2 is 2.12 bits per heavy atom. The molecule has 16 heavy (non-hydrogen) atoms. The molecule has 0 unspecified atom stereocenters. The minimum absolute atomic E-state index is 0.0862. The van der Waals surface area contributed by atoms with E-state index < -0.39 is 0 Å². The minimum atomic E-state index is 0.0862. The van der Waals surface area contributed by atoms with Crippen molar-refractivity contribution in [3.63, 3.8) is 0 Å². The molecule has 0 bridgehead atoms. The quantitative estimate of drug-likeness (QED) is 0.646. The van der Waals surface area contributed by atoms with Crippen molar-refractivity contribution < 1.29 is 4.42 Å². The van der Waals surface area contributed by atoms with Crippen LogP contribution in [0, 0.1) is 0 Å². The van der Waals surface area contributed by atoms with Gasteiger partial charge in [0, 0.05) is 9.86 Å². The molecule has 0 atom stereocenters. The Labute approximate surface area is 104 Å². The highest BCUT2D eigenvalue weighted by Crippen LogP contribution is 2.33. The van der Waals surface area contributed by atoms with Crippen LogP contribution in [0.4, 0.5) is 5.82 Å². The molecule has 0 saturated carbocycles. The third-order valence-electron chi connectivity index (χ3n) is 2.29. The topological polar surface area (TPSA) is 64.9 Å². The number of hydrogen-bond acceptors (Lipinski definition) is 4. The van der Waals surface area contributed by atoms with Crippen LogP contribution in [-0.4, -0.2) is 9.97 Å². The molecule has 3 rings (SSSR count). The zero-order valence-corrected chi connectivity index (χ0v) is 10.2. The van der Waals surface area contributed by atoms with Crippen molar-refractivity contribution in [2.24, 2.45) is 0 Å².